The van der Waals surface area contributed by atoms with Gasteiger partial charge in [-0.25, -0.2) is 4.79 Å². The first-order valence-electron chi connectivity index (χ1n) is 5.19. The fourth-order valence-electron chi connectivity index (χ4n) is 1.51. The van der Waals surface area contributed by atoms with E-state index < -0.39 is 5.60 Å². The standard InChI is InChI=1S/C11H19NO3/c1-11(2,3)15-10(14)12-9-5-4-8(6-9)7-13/h4,9,13H,5-7H2,1-3H3,(H,12,14)/t9-/m1/s1. The number of alkyl carbamates (subject to hydrolysis) is 1. The molecule has 1 aliphatic rings. The van der Waals surface area contributed by atoms with E-state index in [9.17, 15) is 4.79 Å². The summed E-state index contributed by atoms with van der Waals surface area (Å²) in [5.41, 5.74) is 0.520. The van der Waals surface area contributed by atoms with Gasteiger partial charge < -0.3 is 15.2 Å². The number of carbonyl (C=O) groups is 1. The molecule has 0 radical (unpaired) electrons. The fourth-order valence-corrected chi connectivity index (χ4v) is 1.51. The minimum Gasteiger partial charge on any atom is -0.444 e. The maximum atomic E-state index is 11.4. The number of ether oxygens (including phenoxy) is 1. The van der Waals surface area contributed by atoms with Crippen LogP contribution in [0.3, 0.4) is 0 Å². The summed E-state index contributed by atoms with van der Waals surface area (Å²) in [6.45, 7) is 5.57. The van der Waals surface area contributed by atoms with Gasteiger partial charge in [-0.05, 0) is 39.2 Å². The smallest absolute Gasteiger partial charge is 0.407 e. The lowest BCUT2D eigenvalue weighted by molar-refractivity contribution is 0.0506. The van der Waals surface area contributed by atoms with Gasteiger partial charge in [-0.3, -0.25) is 0 Å². The molecule has 0 fully saturated rings. The Morgan fingerprint density at radius 3 is 2.80 bits per heavy atom. The van der Waals surface area contributed by atoms with E-state index in [0.717, 1.165) is 18.4 Å². The SMILES string of the molecule is CC(C)(C)OC(=O)N[C@@H]1CC=C(CO)C1. The maximum absolute atomic E-state index is 11.4. The molecule has 0 aromatic carbocycles. The van der Waals surface area contributed by atoms with Crippen molar-refractivity contribution in [3.8, 4) is 0 Å². The number of hydrogen-bond acceptors (Lipinski definition) is 3. The summed E-state index contributed by atoms with van der Waals surface area (Å²) in [7, 11) is 0. The number of hydrogen-bond donors (Lipinski definition) is 2. The third-order valence-corrected chi connectivity index (χ3v) is 2.12. The third kappa shape index (κ3) is 4.34. The number of aliphatic hydroxyl groups is 1. The average molecular weight is 213 g/mol. The van der Waals surface area contributed by atoms with Crippen LogP contribution in [-0.2, 0) is 4.74 Å². The molecule has 1 amide bonds. The van der Waals surface area contributed by atoms with Crippen LogP contribution in [0, 0.1) is 0 Å². The molecule has 0 saturated carbocycles. The van der Waals surface area contributed by atoms with Gasteiger partial charge in [0.1, 0.15) is 5.60 Å². The quantitative estimate of drug-likeness (QED) is 0.685. The minimum atomic E-state index is -0.462. The molecular formula is C11H19NO3. The summed E-state index contributed by atoms with van der Waals surface area (Å²) in [4.78, 5) is 11.4. The first-order chi connectivity index (χ1) is 6.90. The van der Waals surface area contributed by atoms with Crippen LogP contribution >= 0.6 is 0 Å². The van der Waals surface area contributed by atoms with Crippen LogP contribution in [0.15, 0.2) is 11.6 Å². The Hall–Kier alpha value is -1.03. The molecule has 0 heterocycles. The third-order valence-electron chi connectivity index (χ3n) is 2.12. The van der Waals surface area contributed by atoms with E-state index in [1.165, 1.54) is 0 Å². The highest BCUT2D eigenvalue weighted by Gasteiger charge is 2.22. The van der Waals surface area contributed by atoms with Crippen molar-refractivity contribution in [1.82, 2.24) is 5.32 Å². The Balaban J connectivity index is 2.30. The number of carbonyl (C=O) groups excluding carboxylic acids is 1. The van der Waals surface area contributed by atoms with Crippen molar-refractivity contribution >= 4 is 6.09 Å². The van der Waals surface area contributed by atoms with E-state index in [1.54, 1.807) is 0 Å². The van der Waals surface area contributed by atoms with E-state index in [0.29, 0.717) is 0 Å². The largest absolute Gasteiger partial charge is 0.444 e. The van der Waals surface area contributed by atoms with Crippen molar-refractivity contribution in [1.29, 1.82) is 0 Å². The molecule has 1 atom stereocenters. The van der Waals surface area contributed by atoms with Crippen molar-refractivity contribution in [3.63, 3.8) is 0 Å². The first-order valence-corrected chi connectivity index (χ1v) is 5.19. The Labute approximate surface area is 90.3 Å². The van der Waals surface area contributed by atoms with Crippen molar-refractivity contribution < 1.29 is 14.6 Å². The summed E-state index contributed by atoms with van der Waals surface area (Å²) in [5, 5.41) is 11.7. The van der Waals surface area contributed by atoms with Gasteiger partial charge in [0.15, 0.2) is 0 Å². The van der Waals surface area contributed by atoms with Crippen LogP contribution in [0.25, 0.3) is 0 Å². The molecule has 86 valence electrons. The number of rotatable bonds is 2. The monoisotopic (exact) mass is 213 g/mol. The molecule has 0 spiro atoms. The van der Waals surface area contributed by atoms with Gasteiger partial charge >= 0.3 is 6.09 Å². The fraction of sp³-hybridized carbons (Fsp3) is 0.727. The zero-order valence-electron chi connectivity index (χ0n) is 9.54. The van der Waals surface area contributed by atoms with Gasteiger partial charge in [0, 0.05) is 6.04 Å². The summed E-state index contributed by atoms with van der Waals surface area (Å²) in [6.07, 6.45) is 3.06. The van der Waals surface area contributed by atoms with Crippen LogP contribution in [0.5, 0.6) is 0 Å². The molecule has 0 aromatic rings. The number of nitrogens with one attached hydrogen (secondary N) is 1. The van der Waals surface area contributed by atoms with Crippen LogP contribution in [0.1, 0.15) is 33.6 Å². The van der Waals surface area contributed by atoms with E-state index in [2.05, 4.69) is 5.32 Å². The molecule has 0 saturated heterocycles. The van der Waals surface area contributed by atoms with Gasteiger partial charge in [0.05, 0.1) is 6.61 Å². The second kappa shape index (κ2) is 4.66. The highest BCUT2D eigenvalue weighted by atomic mass is 16.6. The van der Waals surface area contributed by atoms with Crippen LogP contribution < -0.4 is 5.32 Å². The molecule has 0 aliphatic heterocycles. The zero-order chi connectivity index (χ0) is 11.5. The summed E-state index contributed by atoms with van der Waals surface area (Å²) < 4.78 is 5.13. The normalized spacial score (nSPS) is 21.1. The van der Waals surface area contributed by atoms with Crippen LogP contribution in [0.4, 0.5) is 4.79 Å². The Morgan fingerprint density at radius 2 is 2.33 bits per heavy atom. The van der Waals surface area contributed by atoms with Gasteiger partial charge in [-0.2, -0.15) is 0 Å². The summed E-state index contributed by atoms with van der Waals surface area (Å²) in [5.74, 6) is 0. The molecule has 1 rings (SSSR count). The number of aliphatic hydroxyl groups excluding tert-OH is 1. The molecule has 2 N–H and O–H groups in total. The van der Waals surface area contributed by atoms with E-state index in [1.807, 2.05) is 26.8 Å². The summed E-state index contributed by atoms with van der Waals surface area (Å²) in [6, 6.07) is 0.0713. The van der Waals surface area contributed by atoms with Crippen molar-refractivity contribution in [2.45, 2.75) is 45.3 Å². The molecule has 0 aromatic heterocycles. The Kier molecular flexibility index (Phi) is 3.74. The van der Waals surface area contributed by atoms with E-state index in [-0.39, 0.29) is 18.7 Å². The van der Waals surface area contributed by atoms with Crippen molar-refractivity contribution in [2.24, 2.45) is 0 Å². The molecule has 4 nitrogen and oxygen atoms in total. The second-order valence-electron chi connectivity index (χ2n) is 4.80. The Morgan fingerprint density at radius 1 is 1.67 bits per heavy atom. The Bertz CT molecular complexity index is 265. The van der Waals surface area contributed by atoms with Gasteiger partial charge in [-0.15, -0.1) is 0 Å². The molecule has 0 bridgehead atoms. The lowest BCUT2D eigenvalue weighted by Gasteiger charge is -2.21. The van der Waals surface area contributed by atoms with Crippen molar-refractivity contribution in [3.05, 3.63) is 11.6 Å². The van der Waals surface area contributed by atoms with Crippen LogP contribution in [0.2, 0.25) is 0 Å². The van der Waals surface area contributed by atoms with Gasteiger partial charge in [-0.1, -0.05) is 6.08 Å². The predicted molar refractivity (Wildman–Crippen MR) is 57.6 cm³/mol. The molecule has 1 aliphatic carbocycles. The highest BCUT2D eigenvalue weighted by molar-refractivity contribution is 5.68. The molecule has 4 heteroatoms. The average Bonchev–Trinajstić information content (AvgIpc) is 2.48. The van der Waals surface area contributed by atoms with Gasteiger partial charge in [0.2, 0.25) is 0 Å². The lowest BCUT2D eigenvalue weighted by Crippen LogP contribution is -2.38. The van der Waals surface area contributed by atoms with E-state index in [4.69, 9.17) is 9.84 Å². The van der Waals surface area contributed by atoms with Crippen molar-refractivity contribution in [2.75, 3.05) is 6.61 Å². The lowest BCUT2D eigenvalue weighted by atomic mass is 10.2. The molecule has 15 heavy (non-hydrogen) atoms. The maximum Gasteiger partial charge on any atom is 0.407 e. The topological polar surface area (TPSA) is 58.6 Å². The van der Waals surface area contributed by atoms with Gasteiger partial charge in [0.25, 0.3) is 0 Å². The minimum absolute atomic E-state index is 0.0713. The zero-order valence-corrected chi connectivity index (χ0v) is 9.54. The molecular weight excluding hydrogens is 194 g/mol. The van der Waals surface area contributed by atoms with E-state index >= 15 is 0 Å². The summed E-state index contributed by atoms with van der Waals surface area (Å²) >= 11 is 0. The predicted octanol–water partition coefficient (Wildman–Crippen LogP) is 1.59. The van der Waals surface area contributed by atoms with Crippen LogP contribution in [-0.4, -0.2) is 29.4 Å². The number of amides is 1. The molecule has 0 unspecified atom stereocenters. The highest BCUT2D eigenvalue weighted by Crippen LogP contribution is 2.18. The first kappa shape index (κ1) is 12.0. The second-order valence-corrected chi connectivity index (χ2v) is 4.80.